The van der Waals surface area contributed by atoms with Gasteiger partial charge >= 0.3 is 0 Å². The first kappa shape index (κ1) is 8.72. The summed E-state index contributed by atoms with van der Waals surface area (Å²) in [5.41, 5.74) is 0. The summed E-state index contributed by atoms with van der Waals surface area (Å²) >= 11 is 0. The van der Waals surface area contributed by atoms with E-state index >= 15 is 0 Å². The molecule has 14 heavy (non-hydrogen) atoms. The number of carbonyl (C=O) groups excluding carboxylic acids is 1. The van der Waals surface area contributed by atoms with Gasteiger partial charge in [-0.25, -0.2) is 0 Å². The molecule has 4 rings (SSSR count). The average molecular weight is 194 g/mol. The van der Waals surface area contributed by atoms with Gasteiger partial charge in [0.2, 0.25) is 5.91 Å². The molecule has 2 saturated carbocycles. The van der Waals surface area contributed by atoms with Crippen molar-refractivity contribution in [2.24, 2.45) is 17.8 Å². The summed E-state index contributed by atoms with van der Waals surface area (Å²) in [5.74, 6) is 2.12. The van der Waals surface area contributed by atoms with Crippen LogP contribution in [0, 0.1) is 17.8 Å². The van der Waals surface area contributed by atoms with E-state index in [4.69, 9.17) is 0 Å². The van der Waals surface area contributed by atoms with Crippen LogP contribution < -0.4 is 10.6 Å². The molecule has 4 fully saturated rings. The van der Waals surface area contributed by atoms with Gasteiger partial charge in [0.05, 0.1) is 0 Å². The van der Waals surface area contributed by atoms with Crippen LogP contribution in [0.1, 0.15) is 26.2 Å². The largest absolute Gasteiger partial charge is 0.351 e. The predicted molar refractivity (Wildman–Crippen MR) is 53.7 cm³/mol. The Morgan fingerprint density at radius 2 is 2.14 bits per heavy atom. The van der Waals surface area contributed by atoms with Crippen LogP contribution >= 0.6 is 0 Å². The molecule has 2 aliphatic heterocycles. The van der Waals surface area contributed by atoms with Crippen molar-refractivity contribution in [1.82, 2.24) is 10.6 Å². The number of amides is 1. The number of nitrogens with one attached hydrogen (secondary N) is 2. The molecule has 0 aromatic rings. The molecule has 2 saturated heterocycles. The van der Waals surface area contributed by atoms with Crippen LogP contribution in [0.3, 0.4) is 0 Å². The normalized spacial score (nSPS) is 49.4. The Labute approximate surface area is 84.6 Å². The highest BCUT2D eigenvalue weighted by molar-refractivity contribution is 5.80. The third-order valence-corrected chi connectivity index (χ3v) is 4.19. The third kappa shape index (κ3) is 1.18. The highest BCUT2D eigenvalue weighted by Gasteiger charge is 2.48. The molecular formula is C11H18N2O. The lowest BCUT2D eigenvalue weighted by Crippen LogP contribution is -2.56. The molecule has 3 nitrogen and oxygen atoms in total. The lowest BCUT2D eigenvalue weighted by Gasteiger charge is -2.38. The fourth-order valence-electron chi connectivity index (χ4n) is 3.09. The predicted octanol–water partition coefficient (Wildman–Crippen LogP) is 0.509. The summed E-state index contributed by atoms with van der Waals surface area (Å²) < 4.78 is 0. The first-order valence-corrected chi connectivity index (χ1v) is 5.78. The highest BCUT2D eigenvalue weighted by atomic mass is 16.2. The Kier molecular flexibility index (Phi) is 1.84. The van der Waals surface area contributed by atoms with Crippen LogP contribution in [0.2, 0.25) is 0 Å². The minimum Gasteiger partial charge on any atom is -0.351 e. The fraction of sp³-hybridized carbons (Fsp3) is 0.909. The summed E-state index contributed by atoms with van der Waals surface area (Å²) in [6.07, 6.45) is 3.47. The molecule has 2 aliphatic carbocycles. The molecule has 78 valence electrons. The van der Waals surface area contributed by atoms with Gasteiger partial charge in [0.1, 0.15) is 0 Å². The lowest BCUT2D eigenvalue weighted by atomic mass is 9.74. The van der Waals surface area contributed by atoms with Crippen molar-refractivity contribution in [3.63, 3.8) is 0 Å². The summed E-state index contributed by atoms with van der Waals surface area (Å²) in [6, 6.07) is 1.04. The maximum atomic E-state index is 11.8. The fourth-order valence-corrected chi connectivity index (χ4v) is 3.09. The number of carbonyl (C=O) groups is 1. The Morgan fingerprint density at radius 3 is 2.64 bits per heavy atom. The zero-order valence-electron chi connectivity index (χ0n) is 8.62. The maximum Gasteiger partial charge on any atom is 0.223 e. The van der Waals surface area contributed by atoms with Crippen molar-refractivity contribution < 1.29 is 4.79 Å². The van der Waals surface area contributed by atoms with E-state index in [0.29, 0.717) is 23.9 Å². The van der Waals surface area contributed by atoms with E-state index in [1.807, 2.05) is 0 Å². The van der Waals surface area contributed by atoms with Gasteiger partial charge in [-0.3, -0.25) is 4.79 Å². The van der Waals surface area contributed by atoms with Gasteiger partial charge in [0, 0.05) is 24.5 Å². The monoisotopic (exact) mass is 194 g/mol. The smallest absolute Gasteiger partial charge is 0.223 e. The van der Waals surface area contributed by atoms with Gasteiger partial charge in [0.25, 0.3) is 0 Å². The number of hydrogen-bond donors (Lipinski definition) is 2. The molecule has 1 amide bonds. The van der Waals surface area contributed by atoms with Gasteiger partial charge < -0.3 is 10.6 Å². The molecular weight excluding hydrogens is 176 g/mol. The van der Waals surface area contributed by atoms with Crippen molar-refractivity contribution in [2.75, 3.05) is 6.54 Å². The van der Waals surface area contributed by atoms with Gasteiger partial charge in [-0.15, -0.1) is 0 Å². The van der Waals surface area contributed by atoms with Crippen LogP contribution in [0.25, 0.3) is 0 Å². The number of hydrogen-bond acceptors (Lipinski definition) is 2. The number of fused-ring (bicyclic) bond motifs is 1. The molecule has 4 aliphatic rings. The van der Waals surface area contributed by atoms with Crippen LogP contribution in [-0.2, 0) is 4.79 Å². The number of rotatable bonds is 2. The van der Waals surface area contributed by atoms with Crippen molar-refractivity contribution >= 4 is 5.91 Å². The van der Waals surface area contributed by atoms with Crippen molar-refractivity contribution in [3.05, 3.63) is 0 Å². The van der Waals surface area contributed by atoms with E-state index in [1.165, 1.54) is 6.42 Å². The van der Waals surface area contributed by atoms with E-state index in [-0.39, 0.29) is 0 Å². The molecule has 2 N–H and O–H groups in total. The van der Waals surface area contributed by atoms with Gasteiger partial charge in [-0.2, -0.15) is 0 Å². The first-order chi connectivity index (χ1) is 6.74. The summed E-state index contributed by atoms with van der Waals surface area (Å²) in [7, 11) is 0. The summed E-state index contributed by atoms with van der Waals surface area (Å²) in [5, 5.41) is 6.62. The Bertz CT molecular complexity index is 246. The van der Waals surface area contributed by atoms with Gasteiger partial charge in [-0.05, 0) is 31.1 Å². The first-order valence-electron chi connectivity index (χ1n) is 5.78. The zero-order chi connectivity index (χ0) is 9.71. The maximum absolute atomic E-state index is 11.8. The third-order valence-electron chi connectivity index (χ3n) is 4.19. The lowest BCUT2D eigenvalue weighted by molar-refractivity contribution is -0.130. The standard InChI is InChI=1S/C11H18N2O/c1-6-2-7(3-6)11(14)13-10-8-4-9(10)12-5-8/h6-10,12H,2-5H2,1H3,(H,13,14). The SMILES string of the molecule is CC1CC(C(=O)NC2C3CNC2C3)C1. The highest BCUT2D eigenvalue weighted by Crippen LogP contribution is 2.36. The van der Waals surface area contributed by atoms with E-state index in [2.05, 4.69) is 17.6 Å². The molecule has 2 heterocycles. The van der Waals surface area contributed by atoms with E-state index < -0.39 is 0 Å². The molecule has 0 aromatic carbocycles. The van der Waals surface area contributed by atoms with Crippen LogP contribution in [0.15, 0.2) is 0 Å². The second kappa shape index (κ2) is 2.96. The van der Waals surface area contributed by atoms with E-state index in [0.717, 1.165) is 31.2 Å². The molecule has 3 unspecified atom stereocenters. The minimum atomic E-state index is 0.312. The summed E-state index contributed by atoms with van der Waals surface area (Å²) in [4.78, 5) is 11.8. The quantitative estimate of drug-likeness (QED) is 0.672. The molecule has 0 radical (unpaired) electrons. The minimum absolute atomic E-state index is 0.312. The van der Waals surface area contributed by atoms with E-state index in [1.54, 1.807) is 0 Å². The van der Waals surface area contributed by atoms with Crippen molar-refractivity contribution in [3.8, 4) is 0 Å². The van der Waals surface area contributed by atoms with Gasteiger partial charge in [0.15, 0.2) is 0 Å². The van der Waals surface area contributed by atoms with Crippen LogP contribution in [0.4, 0.5) is 0 Å². The average Bonchev–Trinajstić information content (AvgIpc) is 2.69. The zero-order valence-corrected chi connectivity index (χ0v) is 8.62. The summed E-state index contributed by atoms with van der Waals surface area (Å²) in [6.45, 7) is 3.33. The second-order valence-electron chi connectivity index (χ2n) is 5.32. The Morgan fingerprint density at radius 1 is 1.36 bits per heavy atom. The molecule has 3 heteroatoms. The topological polar surface area (TPSA) is 41.1 Å². The molecule has 0 aromatic heterocycles. The Hall–Kier alpha value is -0.570. The molecule has 2 bridgehead atoms. The van der Waals surface area contributed by atoms with Crippen molar-refractivity contribution in [2.45, 2.75) is 38.3 Å². The van der Waals surface area contributed by atoms with Crippen LogP contribution in [-0.4, -0.2) is 24.5 Å². The van der Waals surface area contributed by atoms with E-state index in [9.17, 15) is 4.79 Å². The molecule has 0 spiro atoms. The second-order valence-corrected chi connectivity index (χ2v) is 5.32. The van der Waals surface area contributed by atoms with Gasteiger partial charge in [-0.1, -0.05) is 6.92 Å². The van der Waals surface area contributed by atoms with Crippen LogP contribution in [0.5, 0.6) is 0 Å². The molecule has 3 atom stereocenters. The Balaban J connectivity index is 1.51. The van der Waals surface area contributed by atoms with Crippen molar-refractivity contribution in [1.29, 1.82) is 0 Å².